The Labute approximate surface area is 110 Å². The van der Waals surface area contributed by atoms with E-state index in [-0.39, 0.29) is 0 Å². The van der Waals surface area contributed by atoms with Crippen LogP contribution in [0.1, 0.15) is 50.5 Å². The third-order valence-electron chi connectivity index (χ3n) is 3.83. The Hall–Kier alpha value is -0.340. The van der Waals surface area contributed by atoms with Crippen LogP contribution in [0.5, 0.6) is 0 Å². The second-order valence-corrected chi connectivity index (χ2v) is 6.08. The van der Waals surface area contributed by atoms with Crippen LogP contribution in [0.4, 0.5) is 0 Å². The van der Waals surface area contributed by atoms with Gasteiger partial charge in [0.25, 0.3) is 0 Å². The van der Waals surface area contributed by atoms with Gasteiger partial charge in [-0.15, -0.1) is 0 Å². The average Bonchev–Trinajstić information content (AvgIpc) is 2.79. The van der Waals surface area contributed by atoms with Crippen LogP contribution < -0.4 is 5.32 Å². The van der Waals surface area contributed by atoms with Crippen LogP contribution in [-0.4, -0.2) is 13.1 Å². The Morgan fingerprint density at radius 2 is 1.88 bits per heavy atom. The summed E-state index contributed by atoms with van der Waals surface area (Å²) in [6, 6.07) is 2.24. The molecule has 1 aromatic heterocycles. The maximum Gasteiger partial charge on any atom is -0.000794 e. The van der Waals surface area contributed by atoms with Gasteiger partial charge in [0.05, 0.1) is 0 Å². The van der Waals surface area contributed by atoms with Gasteiger partial charge in [0, 0.05) is 0 Å². The standard InChI is InChI=1S/C15H25NS/c1-2-4-6-14(7-5-3-1)12-16-10-8-15-9-11-17-13-15/h9,11,13-14,16H,1-8,10,12H2. The van der Waals surface area contributed by atoms with Gasteiger partial charge in [-0.2, -0.15) is 11.3 Å². The molecule has 2 rings (SSSR count). The normalized spacial score (nSPS) is 18.8. The van der Waals surface area contributed by atoms with Crippen molar-refractivity contribution in [3.8, 4) is 0 Å². The zero-order valence-electron chi connectivity index (χ0n) is 10.8. The van der Waals surface area contributed by atoms with E-state index >= 15 is 0 Å². The summed E-state index contributed by atoms with van der Waals surface area (Å²) in [4.78, 5) is 0. The molecule has 0 aliphatic heterocycles. The molecule has 0 atom stereocenters. The van der Waals surface area contributed by atoms with Gasteiger partial charge in [0.2, 0.25) is 0 Å². The first-order chi connectivity index (χ1) is 8.45. The molecule has 0 radical (unpaired) electrons. The highest BCUT2D eigenvalue weighted by Crippen LogP contribution is 2.21. The van der Waals surface area contributed by atoms with E-state index in [1.807, 2.05) is 0 Å². The molecular formula is C15H25NS. The van der Waals surface area contributed by atoms with Gasteiger partial charge in [-0.05, 0) is 60.7 Å². The monoisotopic (exact) mass is 251 g/mol. The number of thiophene rings is 1. The van der Waals surface area contributed by atoms with E-state index in [1.165, 1.54) is 63.5 Å². The van der Waals surface area contributed by atoms with Gasteiger partial charge in [0.1, 0.15) is 0 Å². The molecule has 0 amide bonds. The molecule has 17 heavy (non-hydrogen) atoms. The van der Waals surface area contributed by atoms with Crippen molar-refractivity contribution < 1.29 is 0 Å². The summed E-state index contributed by atoms with van der Waals surface area (Å²) in [5.74, 6) is 0.942. The van der Waals surface area contributed by atoms with Crippen molar-refractivity contribution in [2.75, 3.05) is 13.1 Å². The van der Waals surface area contributed by atoms with Crippen molar-refractivity contribution >= 4 is 11.3 Å². The smallest absolute Gasteiger partial charge is 0.000794 e. The van der Waals surface area contributed by atoms with Gasteiger partial charge in [-0.25, -0.2) is 0 Å². The Kier molecular flexibility index (Phi) is 6.08. The average molecular weight is 251 g/mol. The summed E-state index contributed by atoms with van der Waals surface area (Å²) in [6.07, 6.45) is 11.4. The fourth-order valence-electron chi connectivity index (χ4n) is 2.72. The van der Waals surface area contributed by atoms with Crippen molar-refractivity contribution in [1.82, 2.24) is 5.32 Å². The van der Waals surface area contributed by atoms with E-state index in [4.69, 9.17) is 0 Å². The first-order valence-corrected chi connectivity index (χ1v) is 8.11. The molecule has 0 bridgehead atoms. The maximum absolute atomic E-state index is 3.65. The lowest BCUT2D eigenvalue weighted by atomic mass is 9.91. The summed E-state index contributed by atoms with van der Waals surface area (Å²) in [5.41, 5.74) is 1.49. The SMILES string of the molecule is c1cc(CCNCC2CCCCCCC2)cs1. The molecule has 1 N–H and O–H groups in total. The Bertz CT molecular complexity index is 273. The van der Waals surface area contributed by atoms with Crippen LogP contribution in [0.25, 0.3) is 0 Å². The van der Waals surface area contributed by atoms with E-state index in [9.17, 15) is 0 Å². The number of nitrogens with one attached hydrogen (secondary N) is 1. The fourth-order valence-corrected chi connectivity index (χ4v) is 3.42. The molecule has 96 valence electrons. The maximum atomic E-state index is 3.65. The van der Waals surface area contributed by atoms with E-state index in [1.54, 1.807) is 11.3 Å². The summed E-state index contributed by atoms with van der Waals surface area (Å²) in [7, 11) is 0. The molecule has 1 aromatic rings. The fraction of sp³-hybridized carbons (Fsp3) is 0.733. The second kappa shape index (κ2) is 7.88. The predicted octanol–water partition coefficient (Wildman–Crippen LogP) is 4.24. The van der Waals surface area contributed by atoms with Crippen LogP contribution in [-0.2, 0) is 6.42 Å². The molecule has 0 saturated heterocycles. The first kappa shape index (κ1) is 13.1. The summed E-state index contributed by atoms with van der Waals surface area (Å²) >= 11 is 1.80. The van der Waals surface area contributed by atoms with Gasteiger partial charge in [0.15, 0.2) is 0 Å². The van der Waals surface area contributed by atoms with Crippen molar-refractivity contribution in [3.05, 3.63) is 22.4 Å². The zero-order valence-corrected chi connectivity index (χ0v) is 11.6. The molecular weight excluding hydrogens is 226 g/mol. The van der Waals surface area contributed by atoms with Crippen molar-refractivity contribution in [2.24, 2.45) is 5.92 Å². The topological polar surface area (TPSA) is 12.0 Å². The van der Waals surface area contributed by atoms with Crippen molar-refractivity contribution in [3.63, 3.8) is 0 Å². The lowest BCUT2D eigenvalue weighted by Crippen LogP contribution is -2.25. The van der Waals surface area contributed by atoms with Crippen LogP contribution in [0, 0.1) is 5.92 Å². The molecule has 0 aromatic carbocycles. The summed E-state index contributed by atoms with van der Waals surface area (Å²) < 4.78 is 0. The molecule has 1 saturated carbocycles. The quantitative estimate of drug-likeness (QED) is 0.772. The Balaban J connectivity index is 1.57. The largest absolute Gasteiger partial charge is 0.316 e. The molecule has 1 fully saturated rings. The predicted molar refractivity (Wildman–Crippen MR) is 76.7 cm³/mol. The van der Waals surface area contributed by atoms with Crippen LogP contribution in [0.3, 0.4) is 0 Å². The highest BCUT2D eigenvalue weighted by atomic mass is 32.1. The van der Waals surface area contributed by atoms with Gasteiger partial charge < -0.3 is 5.32 Å². The minimum Gasteiger partial charge on any atom is -0.316 e. The highest BCUT2D eigenvalue weighted by Gasteiger charge is 2.10. The van der Waals surface area contributed by atoms with Gasteiger partial charge in [-0.3, -0.25) is 0 Å². The number of rotatable bonds is 5. The third kappa shape index (κ3) is 5.22. The summed E-state index contributed by atoms with van der Waals surface area (Å²) in [5, 5.41) is 8.08. The Morgan fingerprint density at radius 1 is 1.12 bits per heavy atom. The van der Waals surface area contributed by atoms with E-state index < -0.39 is 0 Å². The highest BCUT2D eigenvalue weighted by molar-refractivity contribution is 7.07. The molecule has 1 aliphatic rings. The number of hydrogen-bond acceptors (Lipinski definition) is 2. The lowest BCUT2D eigenvalue weighted by Gasteiger charge is -2.19. The molecule has 0 spiro atoms. The minimum absolute atomic E-state index is 0.942. The molecule has 1 nitrogen and oxygen atoms in total. The summed E-state index contributed by atoms with van der Waals surface area (Å²) in [6.45, 7) is 2.39. The van der Waals surface area contributed by atoms with E-state index in [2.05, 4.69) is 22.1 Å². The van der Waals surface area contributed by atoms with Crippen LogP contribution in [0.2, 0.25) is 0 Å². The minimum atomic E-state index is 0.942. The molecule has 1 aliphatic carbocycles. The van der Waals surface area contributed by atoms with Crippen molar-refractivity contribution in [1.29, 1.82) is 0 Å². The second-order valence-electron chi connectivity index (χ2n) is 5.30. The van der Waals surface area contributed by atoms with Crippen LogP contribution in [0.15, 0.2) is 16.8 Å². The lowest BCUT2D eigenvalue weighted by molar-refractivity contribution is 0.362. The molecule has 1 heterocycles. The first-order valence-electron chi connectivity index (χ1n) is 7.17. The van der Waals surface area contributed by atoms with E-state index in [0.717, 1.165) is 12.5 Å². The Morgan fingerprint density at radius 3 is 2.59 bits per heavy atom. The van der Waals surface area contributed by atoms with Crippen LogP contribution >= 0.6 is 11.3 Å². The van der Waals surface area contributed by atoms with E-state index in [0.29, 0.717) is 0 Å². The van der Waals surface area contributed by atoms with Gasteiger partial charge >= 0.3 is 0 Å². The zero-order chi connectivity index (χ0) is 11.8. The molecule has 2 heteroatoms. The molecule has 0 unspecified atom stereocenters. The van der Waals surface area contributed by atoms with Gasteiger partial charge in [-0.1, -0.05) is 32.1 Å². The number of hydrogen-bond donors (Lipinski definition) is 1. The third-order valence-corrected chi connectivity index (χ3v) is 4.56. The van der Waals surface area contributed by atoms with Crippen molar-refractivity contribution in [2.45, 2.75) is 51.4 Å².